The van der Waals surface area contributed by atoms with Gasteiger partial charge in [0.1, 0.15) is 19.0 Å². The predicted molar refractivity (Wildman–Crippen MR) is 99.2 cm³/mol. The zero-order valence-corrected chi connectivity index (χ0v) is 15.2. The Labute approximate surface area is 157 Å². The van der Waals surface area contributed by atoms with Crippen LogP contribution in [0.3, 0.4) is 0 Å². The third kappa shape index (κ3) is 6.64. The van der Waals surface area contributed by atoms with Gasteiger partial charge in [0.05, 0.1) is 12.5 Å². The van der Waals surface area contributed by atoms with Gasteiger partial charge in [-0.2, -0.15) is 0 Å². The summed E-state index contributed by atoms with van der Waals surface area (Å²) < 4.78 is 10.7. The van der Waals surface area contributed by atoms with Crippen molar-refractivity contribution in [3.8, 4) is 5.75 Å². The molecule has 0 radical (unpaired) electrons. The Bertz CT molecular complexity index is 732. The van der Waals surface area contributed by atoms with Crippen molar-refractivity contribution in [2.24, 2.45) is 5.73 Å². The fourth-order valence-electron chi connectivity index (χ4n) is 2.29. The number of nitrogens with one attached hydrogen (secondary N) is 1. The molecule has 2 rings (SSSR count). The maximum atomic E-state index is 12.0. The monoisotopic (exact) mass is 376 g/mol. The molecule has 0 saturated carbocycles. The second kappa shape index (κ2) is 9.68. The summed E-state index contributed by atoms with van der Waals surface area (Å²) in [7, 11) is 0. The van der Waals surface area contributed by atoms with E-state index in [4.69, 9.17) is 26.8 Å². The fourth-order valence-corrected chi connectivity index (χ4v) is 2.42. The van der Waals surface area contributed by atoms with E-state index < -0.39 is 18.0 Å². The molecule has 0 aliphatic heterocycles. The second-order valence-corrected chi connectivity index (χ2v) is 6.14. The largest absolute Gasteiger partial charge is 0.490 e. The predicted octanol–water partition coefficient (Wildman–Crippen LogP) is 3.37. The third-order valence-electron chi connectivity index (χ3n) is 3.60. The van der Waals surface area contributed by atoms with Crippen LogP contribution in [0.1, 0.15) is 23.6 Å². The van der Waals surface area contributed by atoms with Gasteiger partial charge in [-0.25, -0.2) is 4.79 Å². The van der Waals surface area contributed by atoms with E-state index in [0.29, 0.717) is 16.3 Å². The first-order valence-electron chi connectivity index (χ1n) is 8.10. The summed E-state index contributed by atoms with van der Waals surface area (Å²) in [6.45, 7) is 2.34. The number of aryl methyl sites for hydroxylation is 1. The molecule has 0 aliphatic carbocycles. The Balaban J connectivity index is 1.81. The number of esters is 1. The molecule has 0 unspecified atom stereocenters. The molecule has 0 aromatic heterocycles. The first-order chi connectivity index (χ1) is 12.4. The van der Waals surface area contributed by atoms with E-state index in [1.165, 1.54) is 0 Å². The average Bonchev–Trinajstić information content (AvgIpc) is 2.60. The molecule has 1 atom stereocenters. The summed E-state index contributed by atoms with van der Waals surface area (Å²) in [6, 6.07) is 13.1. The van der Waals surface area contributed by atoms with E-state index in [2.05, 4.69) is 5.32 Å². The molecule has 2 aromatic rings. The van der Waals surface area contributed by atoms with Crippen molar-refractivity contribution < 1.29 is 19.1 Å². The van der Waals surface area contributed by atoms with Gasteiger partial charge in [0.2, 0.25) is 0 Å². The molecule has 0 spiro atoms. The maximum Gasteiger partial charge on any atom is 0.312 e. The van der Waals surface area contributed by atoms with Crippen molar-refractivity contribution in [3.63, 3.8) is 0 Å². The second-order valence-electron chi connectivity index (χ2n) is 5.70. The van der Waals surface area contributed by atoms with E-state index in [1.54, 1.807) is 24.3 Å². The fraction of sp³-hybridized carbons (Fsp3) is 0.263. The average molecular weight is 377 g/mol. The number of carbonyl (C=O) groups excluding carboxylic acids is 2. The van der Waals surface area contributed by atoms with Crippen LogP contribution in [-0.4, -0.2) is 25.2 Å². The van der Waals surface area contributed by atoms with Crippen LogP contribution in [0.15, 0.2) is 48.5 Å². The van der Waals surface area contributed by atoms with Crippen molar-refractivity contribution in [2.45, 2.75) is 19.4 Å². The molecule has 0 heterocycles. The Hall–Kier alpha value is -2.73. The SMILES string of the molecule is Cc1ccc(OCCOC(=O)C[C@@H](NC(N)=O)c2ccc(Cl)cc2)cc1. The Morgan fingerprint density at radius 1 is 1.08 bits per heavy atom. The lowest BCUT2D eigenvalue weighted by Gasteiger charge is -2.17. The molecular formula is C19H21ClN2O4. The van der Waals surface area contributed by atoms with Crippen LogP contribution in [0, 0.1) is 6.92 Å². The van der Waals surface area contributed by atoms with Gasteiger partial charge < -0.3 is 20.5 Å². The van der Waals surface area contributed by atoms with Crippen molar-refractivity contribution >= 4 is 23.6 Å². The first kappa shape index (κ1) is 19.6. The highest BCUT2D eigenvalue weighted by atomic mass is 35.5. The topological polar surface area (TPSA) is 90.7 Å². The summed E-state index contributed by atoms with van der Waals surface area (Å²) in [6.07, 6.45) is -0.0465. The minimum Gasteiger partial charge on any atom is -0.490 e. The van der Waals surface area contributed by atoms with Crippen molar-refractivity contribution in [3.05, 3.63) is 64.7 Å². The minimum absolute atomic E-state index is 0.0465. The number of benzene rings is 2. The standard InChI is InChI=1S/C19H21ClN2O4/c1-13-2-8-16(9-3-13)25-10-11-26-18(23)12-17(22-19(21)24)14-4-6-15(20)7-5-14/h2-9,17H,10-12H2,1H3,(H3,21,22,24)/t17-/m1/s1. The first-order valence-corrected chi connectivity index (χ1v) is 8.48. The quantitative estimate of drug-likeness (QED) is 0.546. The molecule has 7 heteroatoms. The van der Waals surface area contributed by atoms with Gasteiger partial charge in [-0.1, -0.05) is 41.4 Å². The minimum atomic E-state index is -0.722. The summed E-state index contributed by atoms with van der Waals surface area (Å²) in [5, 5.41) is 3.09. The highest BCUT2D eigenvalue weighted by molar-refractivity contribution is 6.30. The van der Waals surface area contributed by atoms with E-state index in [1.807, 2.05) is 31.2 Å². The number of carbonyl (C=O) groups is 2. The van der Waals surface area contributed by atoms with Gasteiger partial charge >= 0.3 is 12.0 Å². The molecule has 0 saturated heterocycles. The molecule has 138 valence electrons. The summed E-state index contributed by atoms with van der Waals surface area (Å²) >= 11 is 5.85. The third-order valence-corrected chi connectivity index (χ3v) is 3.85. The number of nitrogens with two attached hydrogens (primary N) is 1. The Morgan fingerprint density at radius 2 is 1.73 bits per heavy atom. The lowest BCUT2D eigenvalue weighted by molar-refractivity contribution is -0.144. The lowest BCUT2D eigenvalue weighted by atomic mass is 10.0. The van der Waals surface area contributed by atoms with Crippen LogP contribution in [0.4, 0.5) is 4.79 Å². The molecular weight excluding hydrogens is 356 g/mol. The molecule has 2 amide bonds. The summed E-state index contributed by atoms with van der Waals surface area (Å²) in [5.41, 5.74) is 7.03. The molecule has 3 N–H and O–H groups in total. The summed E-state index contributed by atoms with van der Waals surface area (Å²) in [5.74, 6) is 0.243. The number of hydrogen-bond donors (Lipinski definition) is 2. The van der Waals surface area contributed by atoms with Crippen LogP contribution in [-0.2, 0) is 9.53 Å². The van der Waals surface area contributed by atoms with E-state index in [-0.39, 0.29) is 19.6 Å². The number of primary amides is 1. The highest BCUT2D eigenvalue weighted by Gasteiger charge is 2.18. The zero-order valence-electron chi connectivity index (χ0n) is 14.4. The van der Waals surface area contributed by atoms with Gasteiger partial charge in [0.15, 0.2) is 0 Å². The van der Waals surface area contributed by atoms with Crippen LogP contribution in [0.25, 0.3) is 0 Å². The van der Waals surface area contributed by atoms with Crippen molar-refractivity contribution in [1.82, 2.24) is 5.32 Å². The van der Waals surface area contributed by atoms with Gasteiger partial charge in [-0.15, -0.1) is 0 Å². The van der Waals surface area contributed by atoms with E-state index >= 15 is 0 Å². The smallest absolute Gasteiger partial charge is 0.312 e. The molecule has 0 aliphatic rings. The lowest BCUT2D eigenvalue weighted by Crippen LogP contribution is -2.34. The number of amides is 2. The van der Waals surface area contributed by atoms with Gasteiger partial charge in [0, 0.05) is 5.02 Å². The summed E-state index contributed by atoms with van der Waals surface area (Å²) in [4.78, 5) is 23.2. The van der Waals surface area contributed by atoms with Crippen LogP contribution in [0.5, 0.6) is 5.75 Å². The molecule has 2 aromatic carbocycles. The molecule has 0 fully saturated rings. The number of rotatable bonds is 8. The van der Waals surface area contributed by atoms with Gasteiger partial charge in [-0.05, 0) is 36.8 Å². The molecule has 0 bridgehead atoms. The van der Waals surface area contributed by atoms with Crippen LogP contribution >= 0.6 is 11.6 Å². The maximum absolute atomic E-state index is 12.0. The Kier molecular flexibility index (Phi) is 7.29. The van der Waals surface area contributed by atoms with E-state index in [0.717, 1.165) is 5.56 Å². The van der Waals surface area contributed by atoms with Gasteiger partial charge in [-0.3, -0.25) is 4.79 Å². The zero-order chi connectivity index (χ0) is 18.9. The van der Waals surface area contributed by atoms with Crippen molar-refractivity contribution in [1.29, 1.82) is 0 Å². The number of hydrogen-bond acceptors (Lipinski definition) is 4. The van der Waals surface area contributed by atoms with E-state index in [9.17, 15) is 9.59 Å². The van der Waals surface area contributed by atoms with Crippen LogP contribution in [0.2, 0.25) is 5.02 Å². The van der Waals surface area contributed by atoms with Crippen molar-refractivity contribution in [2.75, 3.05) is 13.2 Å². The Morgan fingerprint density at radius 3 is 2.35 bits per heavy atom. The number of ether oxygens (including phenoxy) is 2. The molecule has 26 heavy (non-hydrogen) atoms. The van der Waals surface area contributed by atoms with Gasteiger partial charge in [0.25, 0.3) is 0 Å². The number of halogens is 1. The molecule has 6 nitrogen and oxygen atoms in total. The number of urea groups is 1. The normalized spacial score (nSPS) is 11.5. The van der Waals surface area contributed by atoms with Crippen LogP contribution < -0.4 is 15.8 Å². The highest BCUT2D eigenvalue weighted by Crippen LogP contribution is 2.20.